The van der Waals surface area contributed by atoms with E-state index in [1.165, 1.54) is 18.2 Å². The lowest BCUT2D eigenvalue weighted by atomic mass is 10.1. The molecule has 114 valence electrons. The topological polar surface area (TPSA) is 69.6 Å². The van der Waals surface area contributed by atoms with Crippen molar-refractivity contribution in [3.05, 3.63) is 35.4 Å². The van der Waals surface area contributed by atoms with Crippen molar-refractivity contribution in [3.8, 4) is 0 Å². The van der Waals surface area contributed by atoms with Crippen LogP contribution < -0.4 is 5.32 Å². The number of amides is 1. The maximum atomic E-state index is 12.7. The Morgan fingerprint density at radius 3 is 2.90 bits per heavy atom. The number of aliphatic carboxylic acids is 1. The molecule has 2 rings (SSSR count). The van der Waals surface area contributed by atoms with E-state index in [0.717, 1.165) is 0 Å². The van der Waals surface area contributed by atoms with Crippen molar-refractivity contribution in [2.75, 3.05) is 13.1 Å². The number of carbonyl (C=O) groups excluding carboxylic acids is 1. The van der Waals surface area contributed by atoms with Gasteiger partial charge in [0.05, 0.1) is 6.42 Å². The SMILES string of the molecule is O=C(O)CC1C(=O)NCCN1Cc1cccc(C(F)F)c1. The molecule has 5 nitrogen and oxygen atoms in total. The molecule has 1 saturated heterocycles. The van der Waals surface area contributed by atoms with E-state index >= 15 is 0 Å². The van der Waals surface area contributed by atoms with Gasteiger partial charge in [-0.1, -0.05) is 18.2 Å². The van der Waals surface area contributed by atoms with Crippen molar-refractivity contribution in [1.29, 1.82) is 0 Å². The summed E-state index contributed by atoms with van der Waals surface area (Å²) >= 11 is 0. The predicted molar refractivity (Wildman–Crippen MR) is 70.9 cm³/mol. The highest BCUT2D eigenvalue weighted by atomic mass is 19.3. The number of piperazine rings is 1. The third-order valence-electron chi connectivity index (χ3n) is 3.40. The third kappa shape index (κ3) is 3.98. The summed E-state index contributed by atoms with van der Waals surface area (Å²) in [6.45, 7) is 1.18. The molecule has 1 aliphatic heterocycles. The Morgan fingerprint density at radius 2 is 2.24 bits per heavy atom. The van der Waals surface area contributed by atoms with Gasteiger partial charge in [0.1, 0.15) is 6.04 Å². The number of hydrogen-bond donors (Lipinski definition) is 2. The van der Waals surface area contributed by atoms with Crippen LogP contribution in [0.3, 0.4) is 0 Å². The molecule has 1 atom stereocenters. The minimum atomic E-state index is -2.55. The Hall–Kier alpha value is -2.02. The molecule has 0 aliphatic carbocycles. The summed E-state index contributed by atoms with van der Waals surface area (Å²) < 4.78 is 25.4. The molecular weight excluding hydrogens is 282 g/mol. The molecule has 0 radical (unpaired) electrons. The van der Waals surface area contributed by atoms with Gasteiger partial charge in [-0.3, -0.25) is 14.5 Å². The molecule has 21 heavy (non-hydrogen) atoms. The number of carboxylic acid groups (broad SMARTS) is 1. The Kier molecular flexibility index (Phi) is 4.85. The van der Waals surface area contributed by atoms with E-state index in [4.69, 9.17) is 5.11 Å². The summed E-state index contributed by atoms with van der Waals surface area (Å²) in [7, 11) is 0. The summed E-state index contributed by atoms with van der Waals surface area (Å²) in [5, 5.41) is 11.5. The zero-order valence-corrected chi connectivity index (χ0v) is 11.3. The second-order valence-electron chi connectivity index (χ2n) is 4.92. The predicted octanol–water partition coefficient (Wildman–Crippen LogP) is 1.40. The first-order valence-electron chi connectivity index (χ1n) is 6.58. The number of benzene rings is 1. The van der Waals surface area contributed by atoms with Gasteiger partial charge in [0.2, 0.25) is 5.91 Å². The summed E-state index contributed by atoms with van der Waals surface area (Å²) in [6.07, 6.45) is -2.86. The van der Waals surface area contributed by atoms with Crippen LogP contribution in [0, 0.1) is 0 Å². The van der Waals surface area contributed by atoms with Crippen molar-refractivity contribution in [1.82, 2.24) is 10.2 Å². The van der Waals surface area contributed by atoms with Crippen LogP contribution in [-0.2, 0) is 16.1 Å². The molecule has 1 aromatic rings. The quantitative estimate of drug-likeness (QED) is 0.862. The molecular formula is C14H16F2N2O3. The van der Waals surface area contributed by atoms with E-state index in [0.29, 0.717) is 18.7 Å². The van der Waals surface area contributed by atoms with Crippen LogP contribution in [0.5, 0.6) is 0 Å². The number of nitrogens with one attached hydrogen (secondary N) is 1. The first-order valence-corrected chi connectivity index (χ1v) is 6.58. The zero-order chi connectivity index (χ0) is 15.4. The van der Waals surface area contributed by atoms with Gasteiger partial charge >= 0.3 is 5.97 Å². The molecule has 0 bridgehead atoms. The largest absolute Gasteiger partial charge is 0.481 e. The van der Waals surface area contributed by atoms with Gasteiger partial charge in [0, 0.05) is 25.2 Å². The molecule has 1 amide bonds. The molecule has 0 saturated carbocycles. The van der Waals surface area contributed by atoms with Gasteiger partial charge in [-0.2, -0.15) is 0 Å². The number of carboxylic acids is 1. The first kappa shape index (κ1) is 15.4. The standard InChI is InChI=1S/C14H16F2N2O3/c15-13(16)10-3-1-2-9(6-10)8-18-5-4-17-14(21)11(18)7-12(19)20/h1-3,6,11,13H,4-5,7-8H2,(H,17,21)(H,19,20). The summed E-state index contributed by atoms with van der Waals surface area (Å²) in [4.78, 5) is 24.3. The monoisotopic (exact) mass is 298 g/mol. The van der Waals surface area contributed by atoms with Crippen molar-refractivity contribution < 1.29 is 23.5 Å². The minimum Gasteiger partial charge on any atom is -0.481 e. The van der Waals surface area contributed by atoms with E-state index in [1.54, 1.807) is 11.0 Å². The zero-order valence-electron chi connectivity index (χ0n) is 11.3. The van der Waals surface area contributed by atoms with E-state index in [-0.39, 0.29) is 24.4 Å². The van der Waals surface area contributed by atoms with Crippen molar-refractivity contribution >= 4 is 11.9 Å². The van der Waals surface area contributed by atoms with Crippen LogP contribution in [0.2, 0.25) is 0 Å². The lowest BCUT2D eigenvalue weighted by Crippen LogP contribution is -2.55. The van der Waals surface area contributed by atoms with E-state index < -0.39 is 18.4 Å². The Balaban J connectivity index is 2.13. The van der Waals surface area contributed by atoms with Crippen LogP contribution in [-0.4, -0.2) is 41.0 Å². The molecule has 0 spiro atoms. The third-order valence-corrected chi connectivity index (χ3v) is 3.40. The molecule has 1 unspecified atom stereocenters. The number of halogens is 2. The van der Waals surface area contributed by atoms with Crippen LogP contribution in [0.1, 0.15) is 24.0 Å². The fourth-order valence-corrected chi connectivity index (χ4v) is 2.40. The molecule has 1 heterocycles. The normalized spacial score (nSPS) is 19.6. The average Bonchev–Trinajstić information content (AvgIpc) is 2.42. The second kappa shape index (κ2) is 6.62. The van der Waals surface area contributed by atoms with Crippen LogP contribution in [0.15, 0.2) is 24.3 Å². The minimum absolute atomic E-state index is 0.0799. The Bertz CT molecular complexity index is 537. The second-order valence-corrected chi connectivity index (χ2v) is 4.92. The summed E-state index contributed by atoms with van der Waals surface area (Å²) in [5.41, 5.74) is 0.557. The smallest absolute Gasteiger partial charge is 0.305 e. The van der Waals surface area contributed by atoms with Gasteiger partial charge in [0.25, 0.3) is 6.43 Å². The summed E-state index contributed by atoms with van der Waals surface area (Å²) in [5.74, 6) is -1.41. The number of rotatable bonds is 5. The number of carbonyl (C=O) groups is 2. The van der Waals surface area contributed by atoms with Gasteiger partial charge in [0.15, 0.2) is 0 Å². The van der Waals surface area contributed by atoms with Gasteiger partial charge in [-0.05, 0) is 11.6 Å². The van der Waals surface area contributed by atoms with Crippen molar-refractivity contribution in [3.63, 3.8) is 0 Å². The Morgan fingerprint density at radius 1 is 1.48 bits per heavy atom. The summed E-state index contributed by atoms with van der Waals surface area (Å²) in [6, 6.07) is 5.18. The number of alkyl halides is 2. The highest BCUT2D eigenvalue weighted by Gasteiger charge is 2.31. The molecule has 1 aromatic carbocycles. The van der Waals surface area contributed by atoms with E-state index in [2.05, 4.69) is 5.32 Å². The van der Waals surface area contributed by atoms with Crippen LogP contribution in [0.25, 0.3) is 0 Å². The molecule has 1 aliphatic rings. The van der Waals surface area contributed by atoms with Crippen molar-refractivity contribution in [2.45, 2.75) is 25.4 Å². The Labute approximate surface area is 120 Å². The molecule has 1 fully saturated rings. The lowest BCUT2D eigenvalue weighted by Gasteiger charge is -2.34. The number of hydrogen-bond acceptors (Lipinski definition) is 3. The molecule has 0 aromatic heterocycles. The molecule has 2 N–H and O–H groups in total. The fourth-order valence-electron chi connectivity index (χ4n) is 2.40. The van der Waals surface area contributed by atoms with E-state index in [1.807, 2.05) is 0 Å². The van der Waals surface area contributed by atoms with Gasteiger partial charge in [-0.25, -0.2) is 8.78 Å². The molecule has 7 heteroatoms. The van der Waals surface area contributed by atoms with Crippen LogP contribution >= 0.6 is 0 Å². The number of nitrogens with zero attached hydrogens (tertiary/aromatic N) is 1. The average molecular weight is 298 g/mol. The van der Waals surface area contributed by atoms with Crippen LogP contribution in [0.4, 0.5) is 8.78 Å². The van der Waals surface area contributed by atoms with Crippen molar-refractivity contribution in [2.24, 2.45) is 0 Å². The van der Waals surface area contributed by atoms with E-state index in [9.17, 15) is 18.4 Å². The highest BCUT2D eigenvalue weighted by molar-refractivity contribution is 5.86. The first-order chi connectivity index (χ1) is 9.97. The maximum absolute atomic E-state index is 12.7. The maximum Gasteiger partial charge on any atom is 0.305 e. The van der Waals surface area contributed by atoms with Gasteiger partial charge in [-0.15, -0.1) is 0 Å². The van der Waals surface area contributed by atoms with Gasteiger partial charge < -0.3 is 10.4 Å². The lowest BCUT2D eigenvalue weighted by molar-refractivity contribution is -0.143. The highest BCUT2D eigenvalue weighted by Crippen LogP contribution is 2.21. The fraction of sp³-hybridized carbons (Fsp3) is 0.429.